The van der Waals surface area contributed by atoms with E-state index in [4.69, 9.17) is 0 Å². The highest BCUT2D eigenvalue weighted by Crippen LogP contribution is 2.27. The minimum atomic E-state index is 0.0132. The molecule has 0 saturated heterocycles. The first-order valence-corrected chi connectivity index (χ1v) is 5.57. The fraction of sp³-hybridized carbons (Fsp3) is 0.545. The van der Waals surface area contributed by atoms with Gasteiger partial charge in [-0.3, -0.25) is 4.79 Å². The molecule has 1 aliphatic rings. The van der Waals surface area contributed by atoms with E-state index >= 15 is 0 Å². The SMILES string of the molecule is O=C(CNCC1CC1)NCc1ccncn1. The van der Waals surface area contributed by atoms with Crippen molar-refractivity contribution in [3.05, 3.63) is 24.3 Å². The maximum atomic E-state index is 11.4. The number of nitrogens with zero attached hydrogens (tertiary/aromatic N) is 2. The second kappa shape index (κ2) is 5.55. The molecule has 1 aromatic rings. The van der Waals surface area contributed by atoms with Gasteiger partial charge in [0.1, 0.15) is 6.33 Å². The quantitative estimate of drug-likeness (QED) is 0.713. The highest BCUT2D eigenvalue weighted by Gasteiger charge is 2.20. The first-order valence-electron chi connectivity index (χ1n) is 5.57. The highest BCUT2D eigenvalue weighted by molar-refractivity contribution is 5.77. The van der Waals surface area contributed by atoms with Crippen LogP contribution in [0.2, 0.25) is 0 Å². The molecular weight excluding hydrogens is 204 g/mol. The van der Waals surface area contributed by atoms with E-state index in [1.165, 1.54) is 19.2 Å². The van der Waals surface area contributed by atoms with E-state index in [0.29, 0.717) is 13.1 Å². The summed E-state index contributed by atoms with van der Waals surface area (Å²) in [6.07, 6.45) is 5.75. The van der Waals surface area contributed by atoms with Crippen molar-refractivity contribution in [1.82, 2.24) is 20.6 Å². The first-order chi connectivity index (χ1) is 7.84. The number of carbonyl (C=O) groups excluding carboxylic acids is 1. The van der Waals surface area contributed by atoms with E-state index in [0.717, 1.165) is 18.2 Å². The van der Waals surface area contributed by atoms with Crippen LogP contribution < -0.4 is 10.6 Å². The minimum absolute atomic E-state index is 0.0132. The zero-order chi connectivity index (χ0) is 11.2. The summed E-state index contributed by atoms with van der Waals surface area (Å²) in [6, 6.07) is 1.79. The number of amides is 1. The van der Waals surface area contributed by atoms with Crippen LogP contribution in [0.4, 0.5) is 0 Å². The van der Waals surface area contributed by atoms with E-state index in [2.05, 4.69) is 20.6 Å². The smallest absolute Gasteiger partial charge is 0.234 e. The van der Waals surface area contributed by atoms with Crippen LogP contribution in [0.15, 0.2) is 18.6 Å². The summed E-state index contributed by atoms with van der Waals surface area (Å²) in [4.78, 5) is 19.2. The second-order valence-corrected chi connectivity index (χ2v) is 4.05. The summed E-state index contributed by atoms with van der Waals surface area (Å²) in [5.74, 6) is 0.814. The molecule has 1 amide bonds. The van der Waals surface area contributed by atoms with Gasteiger partial charge in [-0.25, -0.2) is 9.97 Å². The minimum Gasteiger partial charge on any atom is -0.349 e. The lowest BCUT2D eigenvalue weighted by atomic mass is 10.4. The van der Waals surface area contributed by atoms with Gasteiger partial charge in [-0.15, -0.1) is 0 Å². The van der Waals surface area contributed by atoms with Crippen molar-refractivity contribution in [3.8, 4) is 0 Å². The van der Waals surface area contributed by atoms with Gasteiger partial charge in [0, 0.05) is 6.20 Å². The Labute approximate surface area is 94.7 Å². The van der Waals surface area contributed by atoms with E-state index in [1.54, 1.807) is 12.3 Å². The monoisotopic (exact) mass is 220 g/mol. The summed E-state index contributed by atoms with van der Waals surface area (Å²) >= 11 is 0. The van der Waals surface area contributed by atoms with Crippen molar-refractivity contribution >= 4 is 5.91 Å². The molecule has 1 aliphatic carbocycles. The van der Waals surface area contributed by atoms with Crippen LogP contribution in [-0.2, 0) is 11.3 Å². The summed E-state index contributed by atoms with van der Waals surface area (Å²) < 4.78 is 0. The molecule has 0 spiro atoms. The van der Waals surface area contributed by atoms with Gasteiger partial charge >= 0.3 is 0 Å². The van der Waals surface area contributed by atoms with E-state index in [-0.39, 0.29) is 5.91 Å². The number of nitrogens with one attached hydrogen (secondary N) is 2. The van der Waals surface area contributed by atoms with Crippen LogP contribution in [0.3, 0.4) is 0 Å². The molecule has 0 aromatic carbocycles. The van der Waals surface area contributed by atoms with E-state index < -0.39 is 0 Å². The van der Waals surface area contributed by atoms with Crippen LogP contribution in [0.1, 0.15) is 18.5 Å². The summed E-state index contributed by atoms with van der Waals surface area (Å²) in [6.45, 7) is 1.81. The normalized spacial score (nSPS) is 14.8. The number of aromatic nitrogens is 2. The Kier molecular flexibility index (Phi) is 3.82. The molecule has 86 valence electrons. The predicted octanol–water partition coefficient (Wildman–Crippen LogP) is 0.0924. The van der Waals surface area contributed by atoms with Crippen molar-refractivity contribution < 1.29 is 4.79 Å². The number of hydrogen-bond acceptors (Lipinski definition) is 4. The fourth-order valence-electron chi connectivity index (χ4n) is 1.39. The average molecular weight is 220 g/mol. The Bertz CT molecular complexity index is 337. The third-order valence-corrected chi connectivity index (χ3v) is 2.53. The van der Waals surface area contributed by atoms with Crippen molar-refractivity contribution in [3.63, 3.8) is 0 Å². The standard InChI is InChI=1S/C11H16N4O/c16-11(7-13-5-9-1-2-9)14-6-10-3-4-12-8-15-10/h3-4,8-9,13H,1-2,5-7H2,(H,14,16). The summed E-state index contributed by atoms with van der Waals surface area (Å²) in [7, 11) is 0. The first kappa shape index (κ1) is 11.0. The zero-order valence-corrected chi connectivity index (χ0v) is 9.15. The lowest BCUT2D eigenvalue weighted by Crippen LogP contribution is -2.34. The van der Waals surface area contributed by atoms with Crippen molar-refractivity contribution in [2.24, 2.45) is 5.92 Å². The predicted molar refractivity (Wildman–Crippen MR) is 59.5 cm³/mol. The molecule has 5 nitrogen and oxygen atoms in total. The average Bonchev–Trinajstić information content (AvgIpc) is 3.12. The Hall–Kier alpha value is -1.49. The molecule has 16 heavy (non-hydrogen) atoms. The summed E-state index contributed by atoms with van der Waals surface area (Å²) in [5, 5.41) is 5.94. The number of rotatable bonds is 6. The molecule has 0 bridgehead atoms. The van der Waals surface area contributed by atoms with E-state index in [9.17, 15) is 4.79 Å². The third-order valence-electron chi connectivity index (χ3n) is 2.53. The van der Waals surface area contributed by atoms with Gasteiger partial charge in [0.2, 0.25) is 5.91 Å². The Morgan fingerprint density at radius 2 is 2.38 bits per heavy atom. The topological polar surface area (TPSA) is 66.9 Å². The largest absolute Gasteiger partial charge is 0.349 e. The van der Waals surface area contributed by atoms with Gasteiger partial charge in [0.25, 0.3) is 0 Å². The maximum absolute atomic E-state index is 11.4. The van der Waals surface area contributed by atoms with Crippen LogP contribution in [0.5, 0.6) is 0 Å². The van der Waals surface area contributed by atoms with Crippen LogP contribution in [0.25, 0.3) is 0 Å². The van der Waals surface area contributed by atoms with Gasteiger partial charge in [0.05, 0.1) is 18.8 Å². The highest BCUT2D eigenvalue weighted by atomic mass is 16.1. The Morgan fingerprint density at radius 3 is 3.06 bits per heavy atom. The number of carbonyl (C=O) groups is 1. The molecule has 1 aromatic heterocycles. The molecule has 0 radical (unpaired) electrons. The molecule has 0 unspecified atom stereocenters. The lowest BCUT2D eigenvalue weighted by molar-refractivity contribution is -0.120. The van der Waals surface area contributed by atoms with Crippen LogP contribution in [-0.4, -0.2) is 29.0 Å². The molecule has 2 rings (SSSR count). The van der Waals surface area contributed by atoms with E-state index in [1.807, 2.05) is 0 Å². The van der Waals surface area contributed by atoms with Crippen molar-refractivity contribution in [2.75, 3.05) is 13.1 Å². The molecule has 5 heteroatoms. The molecule has 1 heterocycles. The molecule has 1 saturated carbocycles. The molecule has 0 aliphatic heterocycles. The van der Waals surface area contributed by atoms with Gasteiger partial charge in [0.15, 0.2) is 0 Å². The molecular formula is C11H16N4O. The zero-order valence-electron chi connectivity index (χ0n) is 9.15. The van der Waals surface area contributed by atoms with Gasteiger partial charge in [-0.1, -0.05) is 0 Å². The van der Waals surface area contributed by atoms with Crippen molar-refractivity contribution in [2.45, 2.75) is 19.4 Å². The number of hydrogen-bond donors (Lipinski definition) is 2. The molecule has 0 atom stereocenters. The van der Waals surface area contributed by atoms with Crippen LogP contribution in [0, 0.1) is 5.92 Å². The third kappa shape index (κ3) is 3.94. The van der Waals surface area contributed by atoms with Gasteiger partial charge < -0.3 is 10.6 Å². The second-order valence-electron chi connectivity index (χ2n) is 4.05. The molecule has 2 N–H and O–H groups in total. The fourth-order valence-corrected chi connectivity index (χ4v) is 1.39. The summed E-state index contributed by atoms with van der Waals surface area (Å²) in [5.41, 5.74) is 0.825. The van der Waals surface area contributed by atoms with Crippen LogP contribution >= 0.6 is 0 Å². The van der Waals surface area contributed by atoms with Gasteiger partial charge in [-0.05, 0) is 31.4 Å². The Morgan fingerprint density at radius 1 is 1.50 bits per heavy atom. The lowest BCUT2D eigenvalue weighted by Gasteiger charge is -2.05. The van der Waals surface area contributed by atoms with Crippen molar-refractivity contribution in [1.29, 1.82) is 0 Å². The van der Waals surface area contributed by atoms with Gasteiger partial charge in [-0.2, -0.15) is 0 Å². The molecule has 1 fully saturated rings. The Balaban J connectivity index is 1.59. The maximum Gasteiger partial charge on any atom is 0.234 e.